The third kappa shape index (κ3) is 1.33. The fourth-order valence-corrected chi connectivity index (χ4v) is 0.354. The summed E-state index contributed by atoms with van der Waals surface area (Å²) in [4.78, 5) is 14.7. The molecule has 0 spiro atoms. The monoisotopic (exact) mass is 138 g/mol. The Labute approximate surface area is 52.7 Å². The second-order valence-electron chi connectivity index (χ2n) is 1.38. The van der Waals surface area contributed by atoms with Crippen LogP contribution in [-0.4, -0.2) is 18.6 Å². The lowest BCUT2D eigenvalue weighted by molar-refractivity contribution is -0.124. The van der Waals surface area contributed by atoms with Gasteiger partial charge in [-0.05, 0) is 0 Å². The Morgan fingerprint density at radius 1 is 1.88 bits per heavy atom. The van der Waals surface area contributed by atoms with Gasteiger partial charge in [0.2, 0.25) is 0 Å². The van der Waals surface area contributed by atoms with Crippen molar-refractivity contribution in [3.05, 3.63) is 0 Å². The molecule has 1 amide bonds. The molecule has 5 heteroatoms. The summed E-state index contributed by atoms with van der Waals surface area (Å²) in [5.74, 6) is -0.236. The van der Waals surface area contributed by atoms with Crippen LogP contribution in [0, 0.1) is 0 Å². The number of rotatable bonds is 0. The molecule has 1 heterocycles. The second kappa shape index (κ2) is 2.86. The van der Waals surface area contributed by atoms with Crippen molar-refractivity contribution in [2.45, 2.75) is 6.04 Å². The number of hydrogen-bond donors (Lipinski definition) is 2. The van der Waals surface area contributed by atoms with Crippen LogP contribution in [0.2, 0.25) is 0 Å². The van der Waals surface area contributed by atoms with Crippen LogP contribution < -0.4 is 11.2 Å². The predicted molar refractivity (Wildman–Crippen MR) is 29.3 cm³/mol. The molecule has 0 unspecified atom stereocenters. The summed E-state index contributed by atoms with van der Waals surface area (Å²) in [6, 6.07) is -0.458. The van der Waals surface area contributed by atoms with E-state index in [0.29, 0.717) is 6.61 Å². The number of hydroxylamine groups is 1. The number of amides is 1. The van der Waals surface area contributed by atoms with Crippen molar-refractivity contribution in [2.75, 3.05) is 6.61 Å². The summed E-state index contributed by atoms with van der Waals surface area (Å²) in [6.07, 6.45) is 0. The molecule has 1 rings (SSSR count). The first-order valence-electron chi connectivity index (χ1n) is 1.98. The maximum atomic E-state index is 10.2. The maximum absolute atomic E-state index is 10.2. The Hall–Kier alpha value is -0.320. The Kier molecular flexibility index (Phi) is 2.75. The summed E-state index contributed by atoms with van der Waals surface area (Å²) in [5.41, 5.74) is 7.25. The van der Waals surface area contributed by atoms with E-state index in [1.807, 2.05) is 0 Å². The van der Waals surface area contributed by atoms with Crippen LogP contribution in [0.15, 0.2) is 0 Å². The van der Waals surface area contributed by atoms with Gasteiger partial charge < -0.3 is 5.73 Å². The van der Waals surface area contributed by atoms with E-state index in [1.165, 1.54) is 0 Å². The SMILES string of the molecule is Cl.N[C@@H]1CONC1=O. The Balaban J connectivity index is 0.000000490. The Morgan fingerprint density at radius 3 is 2.62 bits per heavy atom. The van der Waals surface area contributed by atoms with Crippen LogP contribution >= 0.6 is 12.4 Å². The molecule has 48 valence electrons. The van der Waals surface area contributed by atoms with Gasteiger partial charge in [-0.1, -0.05) is 0 Å². The molecular weight excluding hydrogens is 131 g/mol. The van der Waals surface area contributed by atoms with E-state index in [2.05, 4.69) is 10.3 Å². The highest BCUT2D eigenvalue weighted by atomic mass is 35.5. The van der Waals surface area contributed by atoms with Gasteiger partial charge in [-0.3, -0.25) is 9.63 Å². The predicted octanol–water partition coefficient (Wildman–Crippen LogP) is -1.20. The fraction of sp³-hybridized carbons (Fsp3) is 0.667. The average molecular weight is 139 g/mol. The lowest BCUT2D eigenvalue weighted by Gasteiger charge is -1.87. The van der Waals surface area contributed by atoms with Crippen LogP contribution in [0.3, 0.4) is 0 Å². The van der Waals surface area contributed by atoms with Gasteiger partial charge >= 0.3 is 0 Å². The molecule has 0 aliphatic carbocycles. The smallest absolute Gasteiger partial charge is 0.262 e. The Morgan fingerprint density at radius 2 is 2.50 bits per heavy atom. The lowest BCUT2D eigenvalue weighted by atomic mass is 10.3. The quantitative estimate of drug-likeness (QED) is 0.442. The first kappa shape index (κ1) is 7.68. The fourth-order valence-electron chi connectivity index (χ4n) is 0.354. The molecule has 1 atom stereocenters. The number of nitrogens with two attached hydrogens (primary N) is 1. The van der Waals surface area contributed by atoms with Crippen LogP contribution in [0.5, 0.6) is 0 Å². The van der Waals surface area contributed by atoms with Crippen LogP contribution in [0.25, 0.3) is 0 Å². The summed E-state index contributed by atoms with van der Waals surface area (Å²) >= 11 is 0. The minimum Gasteiger partial charge on any atom is -0.318 e. The largest absolute Gasteiger partial charge is 0.318 e. The molecule has 8 heavy (non-hydrogen) atoms. The van der Waals surface area contributed by atoms with Gasteiger partial charge in [0.1, 0.15) is 6.04 Å². The molecule has 1 fully saturated rings. The average Bonchev–Trinajstić information content (AvgIpc) is 1.91. The molecule has 1 aliphatic rings. The summed E-state index contributed by atoms with van der Waals surface area (Å²) in [5, 5.41) is 0. The zero-order valence-electron chi connectivity index (χ0n) is 4.09. The molecule has 1 saturated heterocycles. The lowest BCUT2D eigenvalue weighted by Crippen LogP contribution is -2.31. The summed E-state index contributed by atoms with van der Waals surface area (Å²) < 4.78 is 0. The normalized spacial score (nSPS) is 26.6. The third-order valence-electron chi connectivity index (χ3n) is 0.772. The second-order valence-corrected chi connectivity index (χ2v) is 1.38. The van der Waals surface area contributed by atoms with Crippen molar-refractivity contribution in [1.82, 2.24) is 5.48 Å². The topological polar surface area (TPSA) is 64.3 Å². The van der Waals surface area contributed by atoms with E-state index in [1.54, 1.807) is 0 Å². The highest BCUT2D eigenvalue weighted by Crippen LogP contribution is 1.87. The molecule has 1 aliphatic heterocycles. The molecule has 0 radical (unpaired) electrons. The number of hydrogen-bond acceptors (Lipinski definition) is 3. The van der Waals surface area contributed by atoms with Crippen molar-refractivity contribution in [3.63, 3.8) is 0 Å². The number of carbonyl (C=O) groups is 1. The number of halogens is 1. The van der Waals surface area contributed by atoms with Crippen molar-refractivity contribution in [3.8, 4) is 0 Å². The molecule has 0 bridgehead atoms. The minimum absolute atomic E-state index is 0. The first-order valence-corrected chi connectivity index (χ1v) is 1.98. The van der Waals surface area contributed by atoms with E-state index in [9.17, 15) is 4.79 Å². The highest BCUT2D eigenvalue weighted by Gasteiger charge is 2.19. The van der Waals surface area contributed by atoms with Gasteiger partial charge in [0.15, 0.2) is 0 Å². The number of nitrogens with one attached hydrogen (secondary N) is 1. The van der Waals surface area contributed by atoms with Gasteiger partial charge in [-0.25, -0.2) is 5.48 Å². The van der Waals surface area contributed by atoms with E-state index in [0.717, 1.165) is 0 Å². The zero-order valence-corrected chi connectivity index (χ0v) is 4.90. The molecule has 4 nitrogen and oxygen atoms in total. The number of carbonyl (C=O) groups excluding carboxylic acids is 1. The van der Waals surface area contributed by atoms with Crippen molar-refractivity contribution < 1.29 is 9.63 Å². The molecule has 0 saturated carbocycles. The minimum atomic E-state index is -0.458. The molecule has 0 aromatic heterocycles. The van der Waals surface area contributed by atoms with E-state index in [4.69, 9.17) is 5.73 Å². The van der Waals surface area contributed by atoms with Gasteiger partial charge in [-0.2, -0.15) is 0 Å². The van der Waals surface area contributed by atoms with E-state index < -0.39 is 6.04 Å². The zero-order chi connectivity index (χ0) is 5.28. The third-order valence-corrected chi connectivity index (χ3v) is 0.772. The van der Waals surface area contributed by atoms with Crippen LogP contribution in [0.4, 0.5) is 0 Å². The van der Waals surface area contributed by atoms with E-state index >= 15 is 0 Å². The molecular formula is C3H7ClN2O2. The van der Waals surface area contributed by atoms with Crippen molar-refractivity contribution >= 4 is 18.3 Å². The van der Waals surface area contributed by atoms with Crippen molar-refractivity contribution in [2.24, 2.45) is 5.73 Å². The van der Waals surface area contributed by atoms with Gasteiger partial charge in [-0.15, -0.1) is 12.4 Å². The first-order chi connectivity index (χ1) is 3.30. The maximum Gasteiger partial charge on any atom is 0.262 e. The molecule has 3 N–H and O–H groups in total. The molecule has 0 aromatic carbocycles. The summed E-state index contributed by atoms with van der Waals surface area (Å²) in [7, 11) is 0. The standard InChI is InChI=1S/C3H6N2O2.ClH/c4-2-1-7-5-3(2)6;/h2H,1,4H2,(H,5,6);1H/t2-;/m1./s1. The Bertz CT molecular complexity index is 97.3. The van der Waals surface area contributed by atoms with Crippen LogP contribution in [0.1, 0.15) is 0 Å². The highest BCUT2D eigenvalue weighted by molar-refractivity contribution is 5.85. The molecule has 0 aromatic rings. The van der Waals surface area contributed by atoms with Gasteiger partial charge in [0, 0.05) is 0 Å². The van der Waals surface area contributed by atoms with E-state index in [-0.39, 0.29) is 18.3 Å². The van der Waals surface area contributed by atoms with Crippen LogP contribution in [-0.2, 0) is 9.63 Å². The van der Waals surface area contributed by atoms with Crippen molar-refractivity contribution in [1.29, 1.82) is 0 Å². The summed E-state index contributed by atoms with van der Waals surface area (Å²) in [6.45, 7) is 0.291. The van der Waals surface area contributed by atoms with Gasteiger partial charge in [0.25, 0.3) is 5.91 Å². The van der Waals surface area contributed by atoms with Gasteiger partial charge in [0.05, 0.1) is 6.61 Å².